The van der Waals surface area contributed by atoms with Gasteiger partial charge in [0, 0.05) is 0 Å². The summed E-state index contributed by atoms with van der Waals surface area (Å²) in [4.78, 5) is 25.4. The Morgan fingerprint density at radius 2 is 1.96 bits per heavy atom. The molecule has 2 rings (SSSR count). The Morgan fingerprint density at radius 1 is 1.35 bits per heavy atom. The zero-order valence-corrected chi connectivity index (χ0v) is 14.6. The minimum Gasteiger partial charge on any atom is -0.548 e. The molecule has 1 aromatic carbocycles. The van der Waals surface area contributed by atoms with Crippen molar-refractivity contribution in [2.45, 2.75) is 19.9 Å². The van der Waals surface area contributed by atoms with Gasteiger partial charge in [-0.25, -0.2) is 0 Å². The average molecular weight is 350 g/mol. The number of thiocarbonyl (C=S) groups is 1. The van der Waals surface area contributed by atoms with E-state index in [0.29, 0.717) is 10.7 Å². The Kier molecular flexibility index (Phi) is 5.43. The second-order valence-electron chi connectivity index (χ2n) is 5.33. The minimum atomic E-state index is -1.30. The highest BCUT2D eigenvalue weighted by Crippen LogP contribution is 2.35. The summed E-state index contributed by atoms with van der Waals surface area (Å²) < 4.78 is 5.32. The number of thioether (sulfide) groups is 1. The molecule has 0 spiro atoms. The standard InChI is InChI=1S/C16H17NO4S2/c1-9(2)13(15(19)20)17-14(18)12(23-16(17)22)8-10-4-6-11(21-3)7-5-10/h4-9,13H,1-3H3,(H,19,20)/p-1/b12-8-/t13-/m0/s1. The van der Waals surface area contributed by atoms with Crippen molar-refractivity contribution in [2.75, 3.05) is 7.11 Å². The van der Waals surface area contributed by atoms with Crippen molar-refractivity contribution in [3.63, 3.8) is 0 Å². The molecule has 0 aromatic heterocycles. The lowest BCUT2D eigenvalue weighted by Gasteiger charge is -2.30. The van der Waals surface area contributed by atoms with Gasteiger partial charge in [0.2, 0.25) is 0 Å². The molecule has 0 unspecified atom stereocenters. The highest BCUT2D eigenvalue weighted by molar-refractivity contribution is 8.26. The van der Waals surface area contributed by atoms with E-state index in [4.69, 9.17) is 17.0 Å². The molecule has 1 amide bonds. The van der Waals surface area contributed by atoms with Crippen molar-refractivity contribution in [3.05, 3.63) is 34.7 Å². The molecule has 7 heteroatoms. The van der Waals surface area contributed by atoms with Crippen LogP contribution in [0.15, 0.2) is 29.2 Å². The van der Waals surface area contributed by atoms with Crippen molar-refractivity contribution in [2.24, 2.45) is 5.92 Å². The number of hydrogen-bond donors (Lipinski definition) is 0. The quantitative estimate of drug-likeness (QED) is 0.594. The maximum absolute atomic E-state index is 12.5. The Morgan fingerprint density at radius 3 is 2.43 bits per heavy atom. The molecule has 0 saturated carbocycles. The van der Waals surface area contributed by atoms with E-state index in [2.05, 4.69) is 0 Å². The summed E-state index contributed by atoms with van der Waals surface area (Å²) in [5.41, 5.74) is 0.806. The maximum atomic E-state index is 12.5. The summed E-state index contributed by atoms with van der Waals surface area (Å²) in [5.74, 6) is -1.30. The number of hydrogen-bond acceptors (Lipinski definition) is 6. The molecular weight excluding hydrogens is 334 g/mol. The van der Waals surface area contributed by atoms with Crippen LogP contribution in [0.5, 0.6) is 5.75 Å². The number of carboxylic acids is 1. The monoisotopic (exact) mass is 350 g/mol. The number of carbonyl (C=O) groups is 2. The van der Waals surface area contributed by atoms with E-state index in [1.165, 1.54) is 0 Å². The van der Waals surface area contributed by atoms with Gasteiger partial charge in [-0.2, -0.15) is 0 Å². The van der Waals surface area contributed by atoms with Crippen LogP contribution >= 0.6 is 24.0 Å². The van der Waals surface area contributed by atoms with Crippen LogP contribution in [0.2, 0.25) is 0 Å². The molecule has 23 heavy (non-hydrogen) atoms. The third-order valence-corrected chi connectivity index (χ3v) is 4.72. The van der Waals surface area contributed by atoms with E-state index in [1.54, 1.807) is 39.2 Å². The fourth-order valence-electron chi connectivity index (χ4n) is 2.25. The first-order valence-electron chi connectivity index (χ1n) is 6.97. The van der Waals surface area contributed by atoms with Gasteiger partial charge in [0.1, 0.15) is 10.1 Å². The van der Waals surface area contributed by atoms with Gasteiger partial charge in [-0.3, -0.25) is 9.69 Å². The van der Waals surface area contributed by atoms with Crippen LogP contribution in [0.3, 0.4) is 0 Å². The fraction of sp³-hybridized carbons (Fsp3) is 0.312. The highest BCUT2D eigenvalue weighted by atomic mass is 32.2. The van der Waals surface area contributed by atoms with Crippen LogP contribution in [0.4, 0.5) is 0 Å². The number of carboxylic acid groups (broad SMARTS) is 1. The number of carbonyl (C=O) groups excluding carboxylic acids is 2. The van der Waals surface area contributed by atoms with Gasteiger partial charge in [-0.15, -0.1) is 0 Å². The van der Waals surface area contributed by atoms with E-state index >= 15 is 0 Å². The summed E-state index contributed by atoms with van der Waals surface area (Å²) in [6.45, 7) is 3.43. The van der Waals surface area contributed by atoms with Gasteiger partial charge in [-0.1, -0.05) is 50.0 Å². The van der Waals surface area contributed by atoms with Gasteiger partial charge in [0.05, 0.1) is 24.0 Å². The van der Waals surface area contributed by atoms with Crippen LogP contribution in [0.1, 0.15) is 19.4 Å². The molecule has 1 fully saturated rings. The van der Waals surface area contributed by atoms with Crippen LogP contribution in [-0.2, 0) is 9.59 Å². The molecule has 122 valence electrons. The Balaban J connectivity index is 2.29. The molecule has 1 aliphatic rings. The molecule has 1 atom stereocenters. The lowest BCUT2D eigenvalue weighted by atomic mass is 10.0. The van der Waals surface area contributed by atoms with E-state index < -0.39 is 17.9 Å². The largest absolute Gasteiger partial charge is 0.548 e. The van der Waals surface area contributed by atoms with Crippen LogP contribution < -0.4 is 9.84 Å². The molecule has 1 aliphatic heterocycles. The van der Waals surface area contributed by atoms with E-state index in [9.17, 15) is 14.7 Å². The second kappa shape index (κ2) is 7.14. The van der Waals surface area contributed by atoms with Crippen LogP contribution in [-0.4, -0.2) is 34.2 Å². The average Bonchev–Trinajstić information content (AvgIpc) is 2.75. The van der Waals surface area contributed by atoms with Crippen molar-refractivity contribution in [3.8, 4) is 5.75 Å². The van der Waals surface area contributed by atoms with Crippen molar-refractivity contribution >= 4 is 46.3 Å². The summed E-state index contributed by atoms with van der Waals surface area (Å²) in [6, 6.07) is 6.12. The molecule has 0 radical (unpaired) electrons. The number of amides is 1. The molecule has 5 nitrogen and oxygen atoms in total. The molecule has 0 aliphatic carbocycles. The smallest absolute Gasteiger partial charge is 0.266 e. The van der Waals surface area contributed by atoms with Gasteiger partial charge < -0.3 is 14.6 Å². The zero-order valence-electron chi connectivity index (χ0n) is 12.9. The van der Waals surface area contributed by atoms with E-state index in [1.807, 2.05) is 12.1 Å². The van der Waals surface area contributed by atoms with Crippen molar-refractivity contribution in [1.82, 2.24) is 4.90 Å². The number of nitrogens with zero attached hydrogens (tertiary/aromatic N) is 1. The number of ether oxygens (including phenoxy) is 1. The molecule has 0 N–H and O–H groups in total. The molecular formula is C16H16NO4S2-. The first-order chi connectivity index (χ1) is 10.8. The summed E-state index contributed by atoms with van der Waals surface area (Å²) in [7, 11) is 1.58. The highest BCUT2D eigenvalue weighted by Gasteiger charge is 2.38. The first kappa shape index (κ1) is 17.5. The normalized spacial score (nSPS) is 17.9. The Bertz CT molecular complexity index is 667. The molecule has 1 saturated heterocycles. The van der Waals surface area contributed by atoms with Gasteiger partial charge in [0.25, 0.3) is 5.91 Å². The SMILES string of the molecule is COc1ccc(/C=C2\SC(=S)N([C@H](C(=O)[O-])C(C)C)C2=O)cc1. The van der Waals surface area contributed by atoms with Crippen LogP contribution in [0, 0.1) is 5.92 Å². The third kappa shape index (κ3) is 3.73. The minimum absolute atomic E-state index is 0.234. The second-order valence-corrected chi connectivity index (χ2v) is 7.01. The van der Waals surface area contributed by atoms with E-state index in [-0.39, 0.29) is 10.2 Å². The van der Waals surface area contributed by atoms with Crippen molar-refractivity contribution in [1.29, 1.82) is 0 Å². The zero-order chi connectivity index (χ0) is 17.1. The van der Waals surface area contributed by atoms with Crippen LogP contribution in [0.25, 0.3) is 6.08 Å². The van der Waals surface area contributed by atoms with Gasteiger partial charge in [0.15, 0.2) is 0 Å². The number of rotatable bonds is 5. The lowest BCUT2D eigenvalue weighted by molar-refractivity contribution is -0.311. The van der Waals surface area contributed by atoms with E-state index in [0.717, 1.165) is 22.2 Å². The molecule has 0 bridgehead atoms. The molecule has 1 aromatic rings. The van der Waals surface area contributed by atoms with Crippen molar-refractivity contribution < 1.29 is 19.4 Å². The summed E-state index contributed by atoms with van der Waals surface area (Å²) in [6.07, 6.45) is 1.69. The van der Waals surface area contributed by atoms with Gasteiger partial charge >= 0.3 is 0 Å². The summed E-state index contributed by atoms with van der Waals surface area (Å²) in [5, 5.41) is 11.3. The van der Waals surface area contributed by atoms with Gasteiger partial charge in [-0.05, 0) is 29.7 Å². The number of benzene rings is 1. The summed E-state index contributed by atoms with van der Waals surface area (Å²) >= 11 is 6.28. The topological polar surface area (TPSA) is 69.7 Å². The Labute approximate surface area is 144 Å². The Hall–Kier alpha value is -1.86. The predicted molar refractivity (Wildman–Crippen MR) is 91.6 cm³/mol. The fourth-order valence-corrected chi connectivity index (χ4v) is 3.58. The maximum Gasteiger partial charge on any atom is 0.266 e. The predicted octanol–water partition coefficient (Wildman–Crippen LogP) is 1.67. The number of methoxy groups -OCH3 is 1. The third-order valence-electron chi connectivity index (χ3n) is 3.39. The first-order valence-corrected chi connectivity index (χ1v) is 8.19. The molecule has 1 heterocycles. The lowest BCUT2D eigenvalue weighted by Crippen LogP contribution is -2.52. The number of aliphatic carboxylic acids is 1.